The normalized spacial score (nSPS) is 11.3. The molecule has 0 aliphatic carbocycles. The smallest absolute Gasteiger partial charge is 0.164 e. The molecular formula is C48H34N4. The van der Waals surface area contributed by atoms with Gasteiger partial charge in [-0.05, 0) is 48.2 Å². The summed E-state index contributed by atoms with van der Waals surface area (Å²) in [7, 11) is 0. The Morgan fingerprint density at radius 2 is 0.808 bits per heavy atom. The summed E-state index contributed by atoms with van der Waals surface area (Å²) in [6.45, 7) is 4.17. The van der Waals surface area contributed by atoms with E-state index in [9.17, 15) is 0 Å². The SMILES string of the molecule is Cc1ccc(-c2nc(-c3ccc(C)cc3)nc(-c3ccc(-c4ccc5nc(-c6ccccc6)c6cccc(-c7ccccc7)c6c5c4)cc3)n2)cc1. The fraction of sp³-hybridized carbons (Fsp3) is 0.0417. The summed E-state index contributed by atoms with van der Waals surface area (Å²) in [5.74, 6) is 1.95. The number of pyridine rings is 1. The standard InChI is InChI=1S/C48H34N4/c1-31-16-20-36(21-17-31)46-50-47(37-22-18-32(2)19-23-37)52-48(51-46)38-26-24-33(25-27-38)39-28-29-43-42(30-39)44-40(34-10-5-3-6-11-34)14-9-15-41(44)45(49-43)35-12-7-4-8-13-35/h3-30H,1-2H3. The Kier molecular flexibility index (Phi) is 7.90. The van der Waals surface area contributed by atoms with Crippen LogP contribution in [0.3, 0.4) is 0 Å². The zero-order chi connectivity index (χ0) is 35.0. The maximum absolute atomic E-state index is 5.25. The van der Waals surface area contributed by atoms with Crippen LogP contribution in [0, 0.1) is 13.8 Å². The van der Waals surface area contributed by atoms with Gasteiger partial charge in [0.15, 0.2) is 17.5 Å². The zero-order valence-corrected chi connectivity index (χ0v) is 29.0. The average Bonchev–Trinajstić information content (AvgIpc) is 3.21. The first kappa shape index (κ1) is 31.2. The van der Waals surface area contributed by atoms with Gasteiger partial charge in [0, 0.05) is 38.4 Å². The van der Waals surface area contributed by atoms with Crippen molar-refractivity contribution in [1.82, 2.24) is 19.9 Å². The molecule has 0 amide bonds. The van der Waals surface area contributed by atoms with Crippen molar-refractivity contribution in [2.75, 3.05) is 0 Å². The number of fused-ring (bicyclic) bond motifs is 3. The molecule has 4 nitrogen and oxygen atoms in total. The summed E-state index contributed by atoms with van der Waals surface area (Å²) < 4.78 is 0. The van der Waals surface area contributed by atoms with Gasteiger partial charge in [-0.15, -0.1) is 0 Å². The molecule has 0 atom stereocenters. The molecule has 0 saturated carbocycles. The van der Waals surface area contributed by atoms with Crippen molar-refractivity contribution in [3.63, 3.8) is 0 Å². The molecule has 0 spiro atoms. The maximum atomic E-state index is 5.25. The first-order valence-corrected chi connectivity index (χ1v) is 17.6. The Morgan fingerprint density at radius 3 is 1.37 bits per heavy atom. The van der Waals surface area contributed by atoms with Crippen LogP contribution in [0.1, 0.15) is 11.1 Å². The summed E-state index contributed by atoms with van der Waals surface area (Å²) in [5, 5.41) is 3.46. The van der Waals surface area contributed by atoms with Gasteiger partial charge in [-0.2, -0.15) is 0 Å². The third-order valence-electron chi connectivity index (χ3n) is 9.68. The van der Waals surface area contributed by atoms with Gasteiger partial charge in [-0.3, -0.25) is 0 Å². The van der Waals surface area contributed by atoms with Crippen molar-refractivity contribution >= 4 is 21.7 Å². The third-order valence-corrected chi connectivity index (χ3v) is 9.68. The van der Waals surface area contributed by atoms with Crippen molar-refractivity contribution in [2.24, 2.45) is 0 Å². The second-order valence-corrected chi connectivity index (χ2v) is 13.3. The molecule has 246 valence electrons. The van der Waals surface area contributed by atoms with Gasteiger partial charge in [0.1, 0.15) is 0 Å². The number of hydrogen-bond donors (Lipinski definition) is 0. The number of rotatable bonds is 6. The maximum Gasteiger partial charge on any atom is 0.164 e. The van der Waals surface area contributed by atoms with E-state index in [-0.39, 0.29) is 0 Å². The summed E-state index contributed by atoms with van der Waals surface area (Å²) in [6.07, 6.45) is 0. The van der Waals surface area contributed by atoms with Crippen LogP contribution in [-0.2, 0) is 0 Å². The van der Waals surface area contributed by atoms with Gasteiger partial charge in [0.2, 0.25) is 0 Å². The van der Waals surface area contributed by atoms with E-state index in [1.807, 2.05) is 6.07 Å². The summed E-state index contributed by atoms with van der Waals surface area (Å²) in [4.78, 5) is 20.1. The lowest BCUT2D eigenvalue weighted by Crippen LogP contribution is -2.00. The molecule has 7 aromatic carbocycles. The Bertz CT molecular complexity index is 2640. The highest BCUT2D eigenvalue weighted by atomic mass is 15.0. The van der Waals surface area contributed by atoms with Crippen LogP contribution in [0.25, 0.3) is 89.4 Å². The van der Waals surface area contributed by atoms with Crippen LogP contribution < -0.4 is 0 Å². The number of nitrogens with zero attached hydrogens (tertiary/aromatic N) is 4. The van der Waals surface area contributed by atoms with E-state index >= 15 is 0 Å². The first-order valence-electron chi connectivity index (χ1n) is 17.6. The quantitative estimate of drug-likeness (QED) is 0.166. The van der Waals surface area contributed by atoms with E-state index in [1.165, 1.54) is 27.6 Å². The van der Waals surface area contributed by atoms with Crippen molar-refractivity contribution in [3.05, 3.63) is 181 Å². The zero-order valence-electron chi connectivity index (χ0n) is 29.0. The minimum atomic E-state index is 0.641. The number of hydrogen-bond acceptors (Lipinski definition) is 4. The molecule has 2 aromatic heterocycles. The molecule has 0 aliphatic rings. The lowest BCUT2D eigenvalue weighted by Gasteiger charge is -2.15. The number of aryl methyl sites for hydroxylation is 2. The van der Waals surface area contributed by atoms with Crippen LogP contribution in [-0.4, -0.2) is 19.9 Å². The van der Waals surface area contributed by atoms with Crippen LogP contribution in [0.2, 0.25) is 0 Å². The van der Waals surface area contributed by atoms with Gasteiger partial charge in [-0.1, -0.05) is 169 Å². The second kappa shape index (κ2) is 13.2. The predicted octanol–water partition coefficient (Wildman–Crippen LogP) is 12.2. The number of benzene rings is 7. The van der Waals surface area contributed by atoms with Crippen molar-refractivity contribution in [3.8, 4) is 67.7 Å². The van der Waals surface area contributed by atoms with Gasteiger partial charge < -0.3 is 0 Å². The van der Waals surface area contributed by atoms with Crippen LogP contribution in [0.5, 0.6) is 0 Å². The Hall–Kier alpha value is -6.78. The van der Waals surface area contributed by atoms with Gasteiger partial charge in [0.25, 0.3) is 0 Å². The summed E-state index contributed by atoms with van der Waals surface area (Å²) >= 11 is 0. The highest BCUT2D eigenvalue weighted by molar-refractivity contribution is 6.17. The van der Waals surface area contributed by atoms with Gasteiger partial charge >= 0.3 is 0 Å². The number of aromatic nitrogens is 4. The molecule has 9 rings (SSSR count). The fourth-order valence-corrected chi connectivity index (χ4v) is 6.89. The van der Waals surface area contributed by atoms with Crippen LogP contribution in [0.4, 0.5) is 0 Å². The lowest BCUT2D eigenvalue weighted by molar-refractivity contribution is 1.07. The van der Waals surface area contributed by atoms with E-state index in [0.717, 1.165) is 55.4 Å². The molecule has 0 radical (unpaired) electrons. The average molecular weight is 667 g/mol. The van der Waals surface area contributed by atoms with Crippen molar-refractivity contribution in [2.45, 2.75) is 13.8 Å². The Balaban J connectivity index is 1.16. The predicted molar refractivity (Wildman–Crippen MR) is 215 cm³/mol. The molecule has 0 aliphatic heterocycles. The first-order chi connectivity index (χ1) is 25.6. The van der Waals surface area contributed by atoms with Gasteiger partial charge in [0.05, 0.1) is 11.2 Å². The molecule has 9 aromatic rings. The van der Waals surface area contributed by atoms with Gasteiger partial charge in [-0.25, -0.2) is 19.9 Å². The van der Waals surface area contributed by atoms with Crippen molar-refractivity contribution in [1.29, 1.82) is 0 Å². The molecule has 0 bridgehead atoms. The highest BCUT2D eigenvalue weighted by Crippen LogP contribution is 2.40. The second-order valence-electron chi connectivity index (χ2n) is 13.3. The van der Waals surface area contributed by atoms with E-state index in [2.05, 4.69) is 178 Å². The van der Waals surface area contributed by atoms with E-state index in [0.29, 0.717) is 17.5 Å². The molecule has 0 saturated heterocycles. The van der Waals surface area contributed by atoms with E-state index in [1.54, 1.807) is 0 Å². The third kappa shape index (κ3) is 5.91. The molecule has 2 heterocycles. The largest absolute Gasteiger partial charge is 0.247 e. The molecule has 0 N–H and O–H groups in total. The minimum absolute atomic E-state index is 0.641. The van der Waals surface area contributed by atoms with Crippen molar-refractivity contribution < 1.29 is 0 Å². The summed E-state index contributed by atoms with van der Waals surface area (Å²) in [6, 6.07) is 59.4. The van der Waals surface area contributed by atoms with Crippen LogP contribution in [0.15, 0.2) is 170 Å². The molecular weight excluding hydrogens is 633 g/mol. The molecule has 4 heteroatoms. The van der Waals surface area contributed by atoms with Crippen LogP contribution >= 0.6 is 0 Å². The Morgan fingerprint density at radius 1 is 0.327 bits per heavy atom. The van der Waals surface area contributed by atoms with E-state index < -0.39 is 0 Å². The lowest BCUT2D eigenvalue weighted by atomic mass is 9.91. The molecule has 0 fully saturated rings. The summed E-state index contributed by atoms with van der Waals surface area (Å²) in [5.41, 5.74) is 12.9. The molecule has 52 heavy (non-hydrogen) atoms. The van der Waals surface area contributed by atoms with E-state index in [4.69, 9.17) is 19.9 Å². The fourth-order valence-electron chi connectivity index (χ4n) is 6.89. The molecule has 0 unspecified atom stereocenters. The minimum Gasteiger partial charge on any atom is -0.247 e. The Labute approximate surface area is 303 Å². The topological polar surface area (TPSA) is 51.6 Å². The monoisotopic (exact) mass is 666 g/mol. The highest BCUT2D eigenvalue weighted by Gasteiger charge is 2.16.